The van der Waals surface area contributed by atoms with Gasteiger partial charge in [0.25, 0.3) is 5.95 Å². The fourth-order valence-corrected chi connectivity index (χ4v) is 1.89. The van der Waals surface area contributed by atoms with Crippen LogP contribution < -0.4 is 11.1 Å². The standard InChI is InChI=1S/C10H11ClN6O2/c11-7-4-2-1-3-6(7)8(13-10(18)19)5-17-15-9(12)14-16-17/h1-4,8,13H,5H2,(H2,12,15)(H,18,19). The van der Waals surface area contributed by atoms with Crippen molar-refractivity contribution in [3.05, 3.63) is 34.9 Å². The van der Waals surface area contributed by atoms with Crippen molar-refractivity contribution in [2.24, 2.45) is 0 Å². The highest BCUT2D eigenvalue weighted by Gasteiger charge is 2.18. The molecular weight excluding hydrogens is 272 g/mol. The van der Waals surface area contributed by atoms with Crippen LogP contribution in [-0.4, -0.2) is 31.4 Å². The number of halogens is 1. The van der Waals surface area contributed by atoms with Gasteiger partial charge in [-0.3, -0.25) is 0 Å². The molecule has 0 saturated carbocycles. The van der Waals surface area contributed by atoms with Gasteiger partial charge in [-0.1, -0.05) is 34.9 Å². The van der Waals surface area contributed by atoms with Crippen LogP contribution in [0.5, 0.6) is 0 Å². The molecule has 0 spiro atoms. The second kappa shape index (κ2) is 5.53. The van der Waals surface area contributed by atoms with Crippen molar-refractivity contribution in [1.29, 1.82) is 0 Å². The van der Waals surface area contributed by atoms with Crippen LogP contribution in [0.2, 0.25) is 5.02 Å². The first-order chi connectivity index (χ1) is 9.06. The van der Waals surface area contributed by atoms with Crippen molar-refractivity contribution in [3.63, 3.8) is 0 Å². The molecule has 0 radical (unpaired) electrons. The molecule has 0 aliphatic rings. The number of carboxylic acid groups (broad SMARTS) is 1. The topological polar surface area (TPSA) is 119 Å². The Hall–Kier alpha value is -2.35. The molecule has 1 heterocycles. The molecule has 0 saturated heterocycles. The molecular formula is C10H11ClN6O2. The average Bonchev–Trinajstić information content (AvgIpc) is 2.74. The minimum Gasteiger partial charge on any atom is -0.465 e. The molecule has 1 amide bonds. The minimum absolute atomic E-state index is 0.0215. The number of nitrogens with zero attached hydrogens (tertiary/aromatic N) is 4. The molecule has 9 heteroatoms. The van der Waals surface area contributed by atoms with Crippen molar-refractivity contribution in [2.75, 3.05) is 5.73 Å². The Balaban J connectivity index is 2.26. The lowest BCUT2D eigenvalue weighted by Crippen LogP contribution is -2.31. The van der Waals surface area contributed by atoms with Gasteiger partial charge in [0.1, 0.15) is 0 Å². The molecule has 0 aliphatic carbocycles. The van der Waals surface area contributed by atoms with Crippen molar-refractivity contribution in [2.45, 2.75) is 12.6 Å². The molecule has 8 nitrogen and oxygen atoms in total. The number of hydrogen-bond donors (Lipinski definition) is 3. The van der Waals surface area contributed by atoms with Gasteiger partial charge >= 0.3 is 6.09 Å². The third kappa shape index (κ3) is 3.32. The normalized spacial score (nSPS) is 12.1. The third-order valence-corrected chi connectivity index (χ3v) is 2.74. The van der Waals surface area contributed by atoms with Gasteiger partial charge < -0.3 is 16.2 Å². The van der Waals surface area contributed by atoms with E-state index in [1.54, 1.807) is 24.3 Å². The number of amides is 1. The van der Waals surface area contributed by atoms with E-state index in [1.165, 1.54) is 4.80 Å². The van der Waals surface area contributed by atoms with Crippen LogP contribution in [0.3, 0.4) is 0 Å². The summed E-state index contributed by atoms with van der Waals surface area (Å²) in [5, 5.41) is 22.7. The zero-order valence-electron chi connectivity index (χ0n) is 9.69. The number of carbonyl (C=O) groups is 1. The molecule has 1 unspecified atom stereocenters. The number of nitrogens with one attached hydrogen (secondary N) is 1. The van der Waals surface area contributed by atoms with Crippen LogP contribution in [0.15, 0.2) is 24.3 Å². The van der Waals surface area contributed by atoms with Crippen molar-refractivity contribution in [3.8, 4) is 0 Å². The van der Waals surface area contributed by atoms with Gasteiger partial charge in [-0.2, -0.15) is 4.80 Å². The zero-order chi connectivity index (χ0) is 13.8. The number of tetrazole rings is 1. The fourth-order valence-electron chi connectivity index (χ4n) is 1.62. The van der Waals surface area contributed by atoms with E-state index in [2.05, 4.69) is 20.7 Å². The maximum atomic E-state index is 10.8. The molecule has 0 bridgehead atoms. The summed E-state index contributed by atoms with van der Waals surface area (Å²) in [5.74, 6) is 0.0215. The average molecular weight is 283 g/mol. The lowest BCUT2D eigenvalue weighted by molar-refractivity contribution is 0.187. The van der Waals surface area contributed by atoms with Crippen LogP contribution in [0.1, 0.15) is 11.6 Å². The van der Waals surface area contributed by atoms with Gasteiger partial charge in [0.15, 0.2) is 0 Å². The molecule has 1 atom stereocenters. The Morgan fingerprint density at radius 3 is 2.84 bits per heavy atom. The van der Waals surface area contributed by atoms with Gasteiger partial charge in [-0.15, -0.1) is 5.10 Å². The van der Waals surface area contributed by atoms with E-state index < -0.39 is 12.1 Å². The highest BCUT2D eigenvalue weighted by atomic mass is 35.5. The molecule has 100 valence electrons. The van der Waals surface area contributed by atoms with Crippen LogP contribution in [0.25, 0.3) is 0 Å². The van der Waals surface area contributed by atoms with Gasteiger partial charge in [-0.05, 0) is 16.8 Å². The summed E-state index contributed by atoms with van der Waals surface area (Å²) in [6.07, 6.45) is -1.17. The molecule has 0 aliphatic heterocycles. The van der Waals surface area contributed by atoms with E-state index in [4.69, 9.17) is 22.4 Å². The van der Waals surface area contributed by atoms with Crippen LogP contribution in [0, 0.1) is 0 Å². The van der Waals surface area contributed by atoms with E-state index in [0.29, 0.717) is 10.6 Å². The van der Waals surface area contributed by atoms with Gasteiger partial charge in [0, 0.05) is 5.02 Å². The number of benzene rings is 1. The van der Waals surface area contributed by atoms with E-state index in [0.717, 1.165) is 0 Å². The number of hydrogen-bond acceptors (Lipinski definition) is 5. The Morgan fingerprint density at radius 2 is 2.26 bits per heavy atom. The number of nitrogen functional groups attached to an aromatic ring is 1. The summed E-state index contributed by atoms with van der Waals surface area (Å²) >= 11 is 6.05. The Labute approximate surface area is 113 Å². The first-order valence-electron chi connectivity index (χ1n) is 5.33. The molecule has 1 aromatic carbocycles. The molecule has 19 heavy (non-hydrogen) atoms. The predicted molar refractivity (Wildman–Crippen MR) is 67.6 cm³/mol. The highest BCUT2D eigenvalue weighted by molar-refractivity contribution is 6.31. The Kier molecular flexibility index (Phi) is 3.81. The maximum Gasteiger partial charge on any atom is 0.405 e. The Bertz CT molecular complexity index is 587. The van der Waals surface area contributed by atoms with E-state index in [9.17, 15) is 4.79 Å². The number of nitrogens with two attached hydrogens (primary N) is 1. The lowest BCUT2D eigenvalue weighted by Gasteiger charge is -2.17. The van der Waals surface area contributed by atoms with E-state index >= 15 is 0 Å². The molecule has 0 fully saturated rings. The summed E-state index contributed by atoms with van der Waals surface area (Å²) in [4.78, 5) is 12.1. The Morgan fingerprint density at radius 1 is 1.53 bits per heavy atom. The van der Waals surface area contributed by atoms with E-state index in [1.807, 2.05) is 0 Å². The monoisotopic (exact) mass is 282 g/mol. The fraction of sp³-hybridized carbons (Fsp3) is 0.200. The number of rotatable bonds is 4. The first kappa shape index (κ1) is 13.1. The number of aromatic nitrogens is 4. The second-order valence-electron chi connectivity index (χ2n) is 3.73. The number of anilines is 1. The molecule has 2 rings (SSSR count). The summed E-state index contributed by atoms with van der Waals surface area (Å²) in [7, 11) is 0. The van der Waals surface area contributed by atoms with Gasteiger partial charge in [0.2, 0.25) is 0 Å². The van der Waals surface area contributed by atoms with Crippen molar-refractivity contribution in [1.82, 2.24) is 25.5 Å². The largest absolute Gasteiger partial charge is 0.465 e. The third-order valence-electron chi connectivity index (χ3n) is 2.39. The predicted octanol–water partition coefficient (Wildman–Crippen LogP) is 0.918. The van der Waals surface area contributed by atoms with Gasteiger partial charge in [0.05, 0.1) is 12.6 Å². The highest BCUT2D eigenvalue weighted by Crippen LogP contribution is 2.23. The maximum absolute atomic E-state index is 10.8. The first-order valence-corrected chi connectivity index (χ1v) is 5.71. The summed E-state index contributed by atoms with van der Waals surface area (Å²) in [5.41, 5.74) is 5.98. The van der Waals surface area contributed by atoms with Crippen molar-refractivity contribution < 1.29 is 9.90 Å². The quantitative estimate of drug-likeness (QED) is 0.767. The summed E-state index contributed by atoms with van der Waals surface area (Å²) in [6, 6.07) is 6.33. The SMILES string of the molecule is Nc1nnn(CC(NC(=O)O)c2ccccc2Cl)n1. The molecule has 1 aromatic heterocycles. The summed E-state index contributed by atoms with van der Waals surface area (Å²) in [6.45, 7) is 0.139. The summed E-state index contributed by atoms with van der Waals surface area (Å²) < 4.78 is 0. The minimum atomic E-state index is -1.17. The smallest absolute Gasteiger partial charge is 0.405 e. The zero-order valence-corrected chi connectivity index (χ0v) is 10.4. The molecule has 4 N–H and O–H groups in total. The van der Waals surface area contributed by atoms with Crippen LogP contribution in [0.4, 0.5) is 10.7 Å². The van der Waals surface area contributed by atoms with Crippen molar-refractivity contribution >= 4 is 23.6 Å². The van der Waals surface area contributed by atoms with Crippen LogP contribution in [-0.2, 0) is 6.54 Å². The lowest BCUT2D eigenvalue weighted by atomic mass is 10.1. The van der Waals surface area contributed by atoms with Gasteiger partial charge in [-0.25, -0.2) is 4.79 Å². The van der Waals surface area contributed by atoms with E-state index in [-0.39, 0.29) is 12.5 Å². The molecule has 2 aromatic rings. The second-order valence-corrected chi connectivity index (χ2v) is 4.13. The van der Waals surface area contributed by atoms with Crippen LogP contribution >= 0.6 is 11.6 Å².